The van der Waals surface area contributed by atoms with Crippen molar-refractivity contribution in [3.63, 3.8) is 0 Å². The minimum atomic E-state index is -0.802. The molecule has 1 aliphatic carbocycles. The summed E-state index contributed by atoms with van der Waals surface area (Å²) in [5, 5.41) is 2.84. The van der Waals surface area contributed by atoms with Crippen molar-refractivity contribution in [2.45, 2.75) is 63.5 Å². The maximum absolute atomic E-state index is 13.8. The smallest absolute Gasteiger partial charge is 0.257 e. The Hall–Kier alpha value is -1.49. The molecule has 1 N–H and O–H groups in total. The van der Waals surface area contributed by atoms with E-state index in [0.29, 0.717) is 6.04 Å². The third kappa shape index (κ3) is 4.12. The number of hydrogen-bond donors (Lipinski definition) is 1. The van der Waals surface area contributed by atoms with E-state index in [1.54, 1.807) is 0 Å². The minimum Gasteiger partial charge on any atom is -0.348 e. The van der Waals surface area contributed by atoms with E-state index in [1.807, 2.05) is 0 Å². The van der Waals surface area contributed by atoms with Crippen molar-refractivity contribution in [2.75, 3.05) is 13.1 Å². The highest BCUT2D eigenvalue weighted by Crippen LogP contribution is 2.25. The van der Waals surface area contributed by atoms with Crippen molar-refractivity contribution in [2.24, 2.45) is 0 Å². The average Bonchev–Trinajstić information content (AvgIpc) is 2.84. The second-order valence-electron chi connectivity index (χ2n) is 7.05. The second-order valence-corrected chi connectivity index (χ2v) is 7.05. The molecule has 0 spiro atoms. The van der Waals surface area contributed by atoms with E-state index >= 15 is 0 Å². The normalized spacial score (nSPS) is 23.7. The van der Waals surface area contributed by atoms with Gasteiger partial charge in [0.05, 0.1) is 0 Å². The van der Waals surface area contributed by atoms with E-state index < -0.39 is 23.1 Å². The summed E-state index contributed by atoms with van der Waals surface area (Å²) in [6, 6.07) is 4.08. The van der Waals surface area contributed by atoms with Crippen LogP contribution in [0.25, 0.3) is 0 Å². The molecular formula is C19H26F2N2O. The molecule has 3 nitrogen and oxygen atoms in total. The summed E-state index contributed by atoms with van der Waals surface area (Å²) in [6.45, 7) is 1.84. The number of piperidine rings is 1. The zero-order chi connectivity index (χ0) is 16.9. The zero-order valence-corrected chi connectivity index (χ0v) is 14.1. The minimum absolute atomic E-state index is 0.0338. The number of likely N-dealkylation sites (tertiary alicyclic amines) is 1. The van der Waals surface area contributed by atoms with Crippen LogP contribution in [0.5, 0.6) is 0 Å². The Morgan fingerprint density at radius 1 is 1.00 bits per heavy atom. The van der Waals surface area contributed by atoms with Crippen molar-refractivity contribution in [3.05, 3.63) is 35.4 Å². The van der Waals surface area contributed by atoms with Gasteiger partial charge in [-0.1, -0.05) is 31.7 Å². The maximum atomic E-state index is 13.8. The number of carbonyl (C=O) groups excluding carboxylic acids is 1. The summed E-state index contributed by atoms with van der Waals surface area (Å²) in [6.07, 6.45) is 9.52. The van der Waals surface area contributed by atoms with E-state index in [2.05, 4.69) is 10.2 Å². The summed E-state index contributed by atoms with van der Waals surface area (Å²) >= 11 is 0. The first-order valence-corrected chi connectivity index (χ1v) is 9.14. The number of hydrogen-bond acceptors (Lipinski definition) is 2. The Balaban J connectivity index is 1.61. The van der Waals surface area contributed by atoms with Gasteiger partial charge in [0.25, 0.3) is 5.91 Å². The van der Waals surface area contributed by atoms with Crippen LogP contribution in [0.1, 0.15) is 61.7 Å². The van der Waals surface area contributed by atoms with Crippen molar-refractivity contribution in [3.8, 4) is 0 Å². The van der Waals surface area contributed by atoms with Gasteiger partial charge >= 0.3 is 0 Å². The molecule has 5 heteroatoms. The monoisotopic (exact) mass is 336 g/mol. The van der Waals surface area contributed by atoms with E-state index in [4.69, 9.17) is 0 Å². The molecule has 1 saturated heterocycles. The topological polar surface area (TPSA) is 32.3 Å². The molecule has 0 bridgehead atoms. The molecular weight excluding hydrogens is 310 g/mol. The van der Waals surface area contributed by atoms with E-state index in [9.17, 15) is 13.6 Å². The Morgan fingerprint density at radius 2 is 1.67 bits per heavy atom. The van der Waals surface area contributed by atoms with Crippen LogP contribution >= 0.6 is 0 Å². The summed E-state index contributed by atoms with van der Waals surface area (Å²) in [5.41, 5.74) is -0.468. The van der Waals surface area contributed by atoms with Crippen LogP contribution in [0.15, 0.2) is 18.2 Å². The summed E-state index contributed by atoms with van der Waals surface area (Å²) in [5.74, 6) is -2.24. The van der Waals surface area contributed by atoms with Crippen LogP contribution in [0, 0.1) is 11.6 Å². The lowest BCUT2D eigenvalue weighted by molar-refractivity contribution is 0.0853. The van der Waals surface area contributed by atoms with Gasteiger partial charge in [-0.05, 0) is 44.4 Å². The zero-order valence-electron chi connectivity index (χ0n) is 14.1. The number of nitrogens with one attached hydrogen (secondary N) is 1. The second kappa shape index (κ2) is 8.06. The molecule has 0 unspecified atom stereocenters. The maximum Gasteiger partial charge on any atom is 0.257 e. The SMILES string of the molecule is O=C(N[C@@H]1CCCN(C2CCCCCC2)C1)c1c(F)cccc1F. The van der Waals surface area contributed by atoms with Crippen molar-refractivity contribution in [1.82, 2.24) is 10.2 Å². The fourth-order valence-corrected chi connectivity index (χ4v) is 4.05. The van der Waals surface area contributed by atoms with E-state index in [1.165, 1.54) is 44.6 Å². The van der Waals surface area contributed by atoms with Crippen molar-refractivity contribution in [1.29, 1.82) is 0 Å². The first kappa shape index (κ1) is 17.3. The first-order valence-electron chi connectivity index (χ1n) is 9.14. The summed E-state index contributed by atoms with van der Waals surface area (Å²) < 4.78 is 27.5. The first-order chi connectivity index (χ1) is 11.6. The fourth-order valence-electron chi connectivity index (χ4n) is 4.05. The lowest BCUT2D eigenvalue weighted by Gasteiger charge is -2.38. The highest BCUT2D eigenvalue weighted by atomic mass is 19.1. The number of halogens is 2. The number of rotatable bonds is 3. The van der Waals surface area contributed by atoms with Gasteiger partial charge in [-0.3, -0.25) is 9.69 Å². The van der Waals surface area contributed by atoms with Crippen molar-refractivity contribution < 1.29 is 13.6 Å². The van der Waals surface area contributed by atoms with Crippen LogP contribution < -0.4 is 5.32 Å². The molecule has 132 valence electrons. The van der Waals surface area contributed by atoms with Crippen LogP contribution in [-0.4, -0.2) is 36.0 Å². The van der Waals surface area contributed by atoms with Gasteiger partial charge in [-0.25, -0.2) is 8.78 Å². The molecule has 1 amide bonds. The average molecular weight is 336 g/mol. The molecule has 2 aliphatic rings. The Bertz CT molecular complexity index is 550. The Morgan fingerprint density at radius 3 is 2.33 bits per heavy atom. The van der Waals surface area contributed by atoms with E-state index in [-0.39, 0.29) is 6.04 Å². The fraction of sp³-hybridized carbons (Fsp3) is 0.632. The van der Waals surface area contributed by atoms with Crippen LogP contribution in [-0.2, 0) is 0 Å². The molecule has 1 aromatic rings. The number of benzene rings is 1. The van der Waals surface area contributed by atoms with Crippen LogP contribution in [0.2, 0.25) is 0 Å². The lowest BCUT2D eigenvalue weighted by atomic mass is 9.99. The Labute approximate surface area is 142 Å². The highest BCUT2D eigenvalue weighted by molar-refractivity contribution is 5.94. The molecule has 1 saturated carbocycles. The molecule has 1 heterocycles. The van der Waals surface area contributed by atoms with E-state index in [0.717, 1.165) is 38.1 Å². The Kier molecular flexibility index (Phi) is 5.82. The number of amides is 1. The summed E-state index contributed by atoms with van der Waals surface area (Å²) in [7, 11) is 0. The third-order valence-electron chi connectivity index (χ3n) is 5.32. The quantitative estimate of drug-likeness (QED) is 0.850. The number of nitrogens with zero attached hydrogens (tertiary/aromatic N) is 1. The predicted molar refractivity (Wildman–Crippen MR) is 89.9 cm³/mol. The lowest BCUT2D eigenvalue weighted by Crippen LogP contribution is -2.51. The van der Waals surface area contributed by atoms with Crippen LogP contribution in [0.3, 0.4) is 0 Å². The molecule has 0 aromatic heterocycles. The van der Waals surface area contributed by atoms with Gasteiger partial charge in [0.15, 0.2) is 0 Å². The predicted octanol–water partition coefficient (Wildman–Crippen LogP) is 3.88. The van der Waals surface area contributed by atoms with Gasteiger partial charge in [-0.15, -0.1) is 0 Å². The molecule has 3 rings (SSSR count). The largest absolute Gasteiger partial charge is 0.348 e. The molecule has 1 aromatic carbocycles. The molecule has 1 aliphatic heterocycles. The van der Waals surface area contributed by atoms with Gasteiger partial charge in [0.1, 0.15) is 17.2 Å². The van der Waals surface area contributed by atoms with Gasteiger partial charge in [-0.2, -0.15) is 0 Å². The third-order valence-corrected chi connectivity index (χ3v) is 5.32. The van der Waals surface area contributed by atoms with Gasteiger partial charge in [0.2, 0.25) is 0 Å². The standard InChI is InChI=1S/C19H26F2N2O/c20-16-10-5-11-17(21)18(16)19(24)22-14-7-6-12-23(13-14)15-8-3-1-2-4-9-15/h5,10-11,14-15H,1-4,6-9,12-13H2,(H,22,24)/t14-/m1/s1. The molecule has 24 heavy (non-hydrogen) atoms. The highest BCUT2D eigenvalue weighted by Gasteiger charge is 2.28. The molecule has 0 radical (unpaired) electrons. The van der Waals surface area contributed by atoms with Gasteiger partial charge < -0.3 is 5.32 Å². The van der Waals surface area contributed by atoms with Crippen molar-refractivity contribution >= 4 is 5.91 Å². The number of carbonyl (C=O) groups is 1. The van der Waals surface area contributed by atoms with Crippen LogP contribution in [0.4, 0.5) is 8.78 Å². The molecule has 1 atom stereocenters. The van der Waals surface area contributed by atoms with Gasteiger partial charge in [0, 0.05) is 18.6 Å². The summed E-state index contributed by atoms with van der Waals surface area (Å²) in [4.78, 5) is 14.8. The molecule has 2 fully saturated rings.